The molecule has 2 unspecified atom stereocenters. The van der Waals surface area contributed by atoms with Gasteiger partial charge in [-0.05, 0) is 0 Å². The standard InChI is InChI=1S/2C12H19.2ClH.Zr/c2*1-3-4-5-8-11(2)12-9-6-7-10-12;;;/h2*6,9,11H,3-5,7-8H2,1-2H3;2*1H;/q;;;;+2/p-2. The topological polar surface area (TPSA) is 0 Å². The number of allylic oxidation sites excluding steroid dienone is 8. The van der Waals surface area contributed by atoms with Crippen molar-refractivity contribution in [3.63, 3.8) is 0 Å². The van der Waals surface area contributed by atoms with E-state index in [1.54, 1.807) is 11.1 Å². The summed E-state index contributed by atoms with van der Waals surface area (Å²) in [6.07, 6.45) is 23.4. The predicted molar refractivity (Wildman–Crippen MR) is 108 cm³/mol. The van der Waals surface area contributed by atoms with Crippen molar-refractivity contribution < 1.29 is 48.0 Å². The molecule has 0 saturated heterocycles. The van der Waals surface area contributed by atoms with Crippen molar-refractivity contribution in [2.75, 3.05) is 0 Å². The average molecular weight is 489 g/mol. The third-order valence-electron chi connectivity index (χ3n) is 5.78. The van der Waals surface area contributed by atoms with E-state index in [0.717, 1.165) is 11.8 Å². The van der Waals surface area contributed by atoms with Gasteiger partial charge in [0.15, 0.2) is 0 Å². The third-order valence-corrected chi connectivity index (χ3v) is 9.69. The van der Waals surface area contributed by atoms with Crippen LogP contribution in [0, 0.1) is 11.8 Å². The van der Waals surface area contributed by atoms with E-state index in [9.17, 15) is 0 Å². The molecule has 0 saturated carbocycles. The molecule has 0 N–H and O–H groups in total. The molecule has 27 heavy (non-hydrogen) atoms. The largest absolute Gasteiger partial charge is 1.00 e. The summed E-state index contributed by atoms with van der Waals surface area (Å²) in [4.78, 5) is 0. The average Bonchev–Trinajstić information content (AvgIpc) is 3.25. The first-order chi connectivity index (χ1) is 12.2. The minimum atomic E-state index is -0.566. The van der Waals surface area contributed by atoms with Crippen LogP contribution in [0.4, 0.5) is 0 Å². The summed E-state index contributed by atoms with van der Waals surface area (Å²) in [6.45, 7) is 9.55. The van der Waals surface area contributed by atoms with Crippen LogP contribution in [0.2, 0.25) is 0 Å². The van der Waals surface area contributed by atoms with Gasteiger partial charge in [-0.3, -0.25) is 0 Å². The predicted octanol–water partition coefficient (Wildman–Crippen LogP) is 1.94. The summed E-state index contributed by atoms with van der Waals surface area (Å²) in [5, 5.41) is 0. The number of rotatable bonds is 12. The van der Waals surface area contributed by atoms with Crippen molar-refractivity contribution in [1.82, 2.24) is 0 Å². The van der Waals surface area contributed by atoms with Gasteiger partial charge < -0.3 is 24.8 Å². The maximum atomic E-state index is 2.47. The fraction of sp³-hybridized carbons (Fsp3) is 0.667. The van der Waals surface area contributed by atoms with Crippen LogP contribution in [0.3, 0.4) is 0 Å². The summed E-state index contributed by atoms with van der Waals surface area (Å²) in [5.74, 6) is 1.56. The van der Waals surface area contributed by atoms with Crippen LogP contribution in [0.25, 0.3) is 0 Å². The van der Waals surface area contributed by atoms with Gasteiger partial charge in [0.25, 0.3) is 0 Å². The van der Waals surface area contributed by atoms with Crippen LogP contribution in [0.1, 0.15) is 91.9 Å². The molecule has 2 atom stereocenters. The van der Waals surface area contributed by atoms with E-state index in [1.165, 1.54) is 64.2 Å². The number of halogens is 2. The first kappa shape index (κ1) is 27.4. The van der Waals surface area contributed by atoms with Crippen LogP contribution < -0.4 is 24.8 Å². The van der Waals surface area contributed by atoms with Crippen LogP contribution in [-0.4, -0.2) is 0 Å². The maximum Gasteiger partial charge on any atom is -1.00 e. The molecule has 3 heteroatoms. The van der Waals surface area contributed by atoms with Crippen molar-refractivity contribution in [3.05, 3.63) is 42.0 Å². The molecule has 0 aliphatic heterocycles. The van der Waals surface area contributed by atoms with Gasteiger partial charge in [-0.2, -0.15) is 0 Å². The van der Waals surface area contributed by atoms with Crippen molar-refractivity contribution in [2.45, 2.75) is 91.9 Å². The van der Waals surface area contributed by atoms with Crippen LogP contribution in [0.5, 0.6) is 0 Å². The van der Waals surface area contributed by atoms with Crippen LogP contribution >= 0.6 is 0 Å². The zero-order valence-corrected chi connectivity index (χ0v) is 21.8. The van der Waals surface area contributed by atoms with Gasteiger partial charge >= 0.3 is 169 Å². The van der Waals surface area contributed by atoms with Crippen LogP contribution in [-0.2, 0) is 23.2 Å². The minimum absolute atomic E-state index is 0. The zero-order valence-electron chi connectivity index (χ0n) is 17.8. The molecule has 0 heterocycles. The summed E-state index contributed by atoms with van der Waals surface area (Å²) in [6, 6.07) is 0. The smallest absolute Gasteiger partial charge is 1.00 e. The Morgan fingerprint density at radius 2 is 1.15 bits per heavy atom. The molecule has 152 valence electrons. The SMILES string of the molecule is CCCCCC(C)C1=[C]([Zr+2][C]2=C(C(C)CCCCC)C=CC2)CC=C1.[Cl-].[Cl-]. The van der Waals surface area contributed by atoms with E-state index in [4.69, 9.17) is 0 Å². The fourth-order valence-corrected chi connectivity index (χ4v) is 8.42. The Hall–Kier alpha value is 0.423. The Morgan fingerprint density at radius 3 is 1.52 bits per heavy atom. The molecule has 0 aromatic carbocycles. The number of hydrogen-bond acceptors (Lipinski definition) is 0. The molecule has 0 bridgehead atoms. The molecular formula is C24H38Cl2Zr. The second-order valence-electron chi connectivity index (χ2n) is 8.00. The molecule has 0 fully saturated rings. The monoisotopic (exact) mass is 486 g/mol. The van der Waals surface area contributed by atoms with Gasteiger partial charge in [-0.25, -0.2) is 0 Å². The van der Waals surface area contributed by atoms with Gasteiger partial charge in [0.2, 0.25) is 0 Å². The Morgan fingerprint density at radius 1 is 0.741 bits per heavy atom. The number of hydrogen-bond donors (Lipinski definition) is 0. The van der Waals surface area contributed by atoms with E-state index in [-0.39, 0.29) is 24.8 Å². The summed E-state index contributed by atoms with van der Waals surface area (Å²) >= 11 is -0.566. The van der Waals surface area contributed by atoms with Crippen molar-refractivity contribution in [1.29, 1.82) is 0 Å². The molecule has 0 spiro atoms. The third kappa shape index (κ3) is 8.76. The Kier molecular flexibility index (Phi) is 15.5. The molecule has 2 rings (SSSR count). The van der Waals surface area contributed by atoms with E-state index in [0.29, 0.717) is 0 Å². The summed E-state index contributed by atoms with van der Waals surface area (Å²) < 4.78 is 3.76. The Labute approximate surface area is 192 Å². The quantitative estimate of drug-likeness (QED) is 0.369. The molecule has 0 aromatic rings. The first-order valence-electron chi connectivity index (χ1n) is 10.7. The van der Waals surface area contributed by atoms with E-state index >= 15 is 0 Å². The molecule has 0 nitrogen and oxygen atoms in total. The van der Waals surface area contributed by atoms with Gasteiger partial charge in [0.05, 0.1) is 0 Å². The van der Waals surface area contributed by atoms with E-state index in [2.05, 4.69) is 52.0 Å². The molecule has 0 aromatic heterocycles. The normalized spacial score (nSPS) is 17.6. The van der Waals surface area contributed by atoms with Gasteiger partial charge in [-0.15, -0.1) is 0 Å². The molecule has 0 radical (unpaired) electrons. The molecular weight excluding hydrogens is 450 g/mol. The maximum absolute atomic E-state index is 2.47. The Balaban J connectivity index is 0.00000338. The van der Waals surface area contributed by atoms with Gasteiger partial charge in [0, 0.05) is 0 Å². The van der Waals surface area contributed by atoms with E-state index in [1.807, 2.05) is 6.56 Å². The van der Waals surface area contributed by atoms with Crippen molar-refractivity contribution in [2.24, 2.45) is 11.8 Å². The molecule has 2 aliphatic carbocycles. The minimum Gasteiger partial charge on any atom is -1.00 e. The van der Waals surface area contributed by atoms with Crippen molar-refractivity contribution >= 4 is 0 Å². The van der Waals surface area contributed by atoms with Crippen LogP contribution in [0.15, 0.2) is 42.0 Å². The zero-order chi connectivity index (χ0) is 18.1. The fourth-order valence-electron chi connectivity index (χ4n) is 4.11. The van der Waals surface area contributed by atoms with Gasteiger partial charge in [-0.1, -0.05) is 0 Å². The van der Waals surface area contributed by atoms with Crippen molar-refractivity contribution in [3.8, 4) is 0 Å². The first-order valence-corrected chi connectivity index (χ1v) is 13.2. The molecule has 2 aliphatic rings. The summed E-state index contributed by atoms with van der Waals surface area (Å²) in [5.41, 5.74) is 3.47. The Bertz CT molecular complexity index is 495. The van der Waals surface area contributed by atoms with E-state index < -0.39 is 23.2 Å². The number of unbranched alkanes of at least 4 members (excludes halogenated alkanes) is 4. The molecule has 0 amide bonds. The second-order valence-corrected chi connectivity index (χ2v) is 11.6. The second kappa shape index (κ2) is 15.3. The summed E-state index contributed by atoms with van der Waals surface area (Å²) in [7, 11) is 0. The van der Waals surface area contributed by atoms with Gasteiger partial charge in [0.1, 0.15) is 0 Å².